The van der Waals surface area contributed by atoms with Crippen LogP contribution in [0.3, 0.4) is 0 Å². The molecule has 0 spiro atoms. The summed E-state index contributed by atoms with van der Waals surface area (Å²) < 4.78 is 1.54. The molecule has 1 N–H and O–H groups in total. The summed E-state index contributed by atoms with van der Waals surface area (Å²) >= 11 is 5.95. The van der Waals surface area contributed by atoms with Gasteiger partial charge in [-0.3, -0.25) is 9.36 Å². The molecule has 0 radical (unpaired) electrons. The van der Waals surface area contributed by atoms with Crippen molar-refractivity contribution in [3.8, 4) is 11.4 Å². The highest BCUT2D eigenvalue weighted by Crippen LogP contribution is 2.16. The van der Waals surface area contributed by atoms with Crippen LogP contribution in [0.25, 0.3) is 16.5 Å². The Morgan fingerprint density at radius 2 is 1.52 bits per heavy atom. The number of phenolic OH excluding ortho intramolecular Hbond substituents is 1. The van der Waals surface area contributed by atoms with Gasteiger partial charge in [-0.15, -0.1) is 0 Å². The van der Waals surface area contributed by atoms with Gasteiger partial charge in [0, 0.05) is 10.4 Å². The van der Waals surface area contributed by atoms with Crippen molar-refractivity contribution in [2.24, 2.45) is 4.99 Å². The molecular weight excluding hydrogens is 360 g/mol. The van der Waals surface area contributed by atoms with Gasteiger partial charge >= 0.3 is 0 Å². The summed E-state index contributed by atoms with van der Waals surface area (Å²) in [6, 6.07) is 24.7. The van der Waals surface area contributed by atoms with Crippen LogP contribution in [0, 0.1) is 0 Å². The van der Waals surface area contributed by atoms with Crippen LogP contribution in [0.5, 0.6) is 5.75 Å². The van der Waals surface area contributed by atoms with Crippen molar-refractivity contribution in [2.75, 3.05) is 0 Å². The number of fused-ring (bicyclic) bond motifs is 1. The first kappa shape index (κ1) is 17.1. The van der Waals surface area contributed by atoms with Crippen molar-refractivity contribution >= 4 is 28.1 Å². The maximum atomic E-state index is 13.3. The zero-order chi connectivity index (χ0) is 18.8. The van der Waals surface area contributed by atoms with Gasteiger partial charge in [-0.05, 0) is 66.0 Å². The van der Waals surface area contributed by atoms with E-state index in [1.165, 1.54) is 4.57 Å². The van der Waals surface area contributed by atoms with Crippen LogP contribution in [-0.2, 0) is 0 Å². The second kappa shape index (κ2) is 7.09. The van der Waals surface area contributed by atoms with E-state index in [0.717, 1.165) is 5.39 Å². The quantitative estimate of drug-likeness (QED) is 0.558. The Labute approximate surface area is 160 Å². The second-order valence-corrected chi connectivity index (χ2v) is 6.46. The van der Waals surface area contributed by atoms with Crippen LogP contribution < -0.4 is 11.0 Å². The number of nitrogens with zero attached hydrogens (tertiary/aromatic N) is 2. The molecule has 0 fully saturated rings. The van der Waals surface area contributed by atoms with Gasteiger partial charge in [-0.2, -0.15) is 0 Å². The average molecular weight is 375 g/mol. The molecule has 4 nitrogen and oxygen atoms in total. The molecular formula is C22H15ClN2O2. The van der Waals surface area contributed by atoms with E-state index < -0.39 is 0 Å². The molecule has 4 aromatic rings. The standard InChI is InChI=1S/C22H15ClN2O2/c23-16-6-8-17(9-7-16)24-21-14-5-15-3-1-2-4-20(15)22(27)25(21)18-10-12-19(26)13-11-18/h1-14,26H. The third kappa shape index (κ3) is 3.48. The van der Waals surface area contributed by atoms with Crippen molar-refractivity contribution in [3.05, 3.63) is 106 Å². The highest BCUT2D eigenvalue weighted by atomic mass is 35.5. The fourth-order valence-electron chi connectivity index (χ4n) is 2.89. The molecule has 0 bridgehead atoms. The van der Waals surface area contributed by atoms with Gasteiger partial charge in [0.15, 0.2) is 0 Å². The van der Waals surface area contributed by atoms with Gasteiger partial charge in [0.25, 0.3) is 5.56 Å². The van der Waals surface area contributed by atoms with Gasteiger partial charge < -0.3 is 5.11 Å². The van der Waals surface area contributed by atoms with Crippen LogP contribution in [0.1, 0.15) is 0 Å². The van der Waals surface area contributed by atoms with Gasteiger partial charge in [0.05, 0.1) is 11.4 Å². The van der Waals surface area contributed by atoms with E-state index in [4.69, 9.17) is 11.6 Å². The number of rotatable bonds is 2. The van der Waals surface area contributed by atoms with E-state index in [-0.39, 0.29) is 11.3 Å². The first-order valence-corrected chi connectivity index (χ1v) is 8.74. The summed E-state index contributed by atoms with van der Waals surface area (Å²) in [4.78, 5) is 17.9. The minimum absolute atomic E-state index is 0.133. The molecule has 0 aliphatic rings. The fourth-order valence-corrected chi connectivity index (χ4v) is 3.01. The van der Waals surface area contributed by atoms with Crippen LogP contribution in [-0.4, -0.2) is 9.67 Å². The van der Waals surface area contributed by atoms with E-state index in [1.807, 2.05) is 30.3 Å². The van der Waals surface area contributed by atoms with E-state index in [0.29, 0.717) is 27.3 Å². The maximum Gasteiger partial charge on any atom is 0.264 e. The fraction of sp³-hybridized carbons (Fsp3) is 0. The number of hydrogen-bond acceptors (Lipinski definition) is 3. The summed E-state index contributed by atoms with van der Waals surface area (Å²) in [5.74, 6) is 0.133. The van der Waals surface area contributed by atoms with Crippen LogP contribution in [0.15, 0.2) is 94.7 Å². The summed E-state index contributed by atoms with van der Waals surface area (Å²) in [6.45, 7) is 0. The topological polar surface area (TPSA) is 54.6 Å². The zero-order valence-corrected chi connectivity index (χ0v) is 15.0. The lowest BCUT2D eigenvalue weighted by Crippen LogP contribution is -2.28. The molecule has 0 saturated carbocycles. The Balaban J connectivity index is 2.11. The molecule has 0 aliphatic carbocycles. The largest absolute Gasteiger partial charge is 0.508 e. The summed E-state index contributed by atoms with van der Waals surface area (Å²) in [5, 5.41) is 11.6. The van der Waals surface area contributed by atoms with Crippen molar-refractivity contribution in [3.63, 3.8) is 0 Å². The SMILES string of the molecule is O=c1c2ccccc2ccc(=Nc2ccc(Cl)cc2)n1-c1ccc(O)cc1. The molecule has 3 aromatic carbocycles. The molecule has 0 saturated heterocycles. The number of aromatic hydroxyl groups is 1. The number of aromatic nitrogens is 1. The van der Waals surface area contributed by atoms with E-state index >= 15 is 0 Å². The third-order valence-corrected chi connectivity index (χ3v) is 4.47. The molecule has 0 unspecified atom stereocenters. The molecule has 5 heteroatoms. The summed E-state index contributed by atoms with van der Waals surface area (Å²) in [5.41, 5.74) is 1.59. The summed E-state index contributed by atoms with van der Waals surface area (Å²) in [7, 11) is 0. The highest BCUT2D eigenvalue weighted by molar-refractivity contribution is 6.30. The van der Waals surface area contributed by atoms with Crippen molar-refractivity contribution in [2.45, 2.75) is 0 Å². The Kier molecular flexibility index (Phi) is 4.48. The predicted molar refractivity (Wildman–Crippen MR) is 108 cm³/mol. The van der Waals surface area contributed by atoms with Gasteiger partial charge in [0.2, 0.25) is 0 Å². The lowest BCUT2D eigenvalue weighted by molar-refractivity contribution is 0.475. The van der Waals surface area contributed by atoms with E-state index in [9.17, 15) is 9.90 Å². The molecule has 1 aromatic heterocycles. The zero-order valence-electron chi connectivity index (χ0n) is 14.2. The van der Waals surface area contributed by atoms with Crippen molar-refractivity contribution in [1.82, 2.24) is 4.57 Å². The average Bonchev–Trinajstić information content (AvgIpc) is 2.82. The molecule has 132 valence electrons. The molecule has 0 amide bonds. The first-order chi connectivity index (χ1) is 13.1. The molecule has 0 aliphatic heterocycles. The van der Waals surface area contributed by atoms with Crippen molar-refractivity contribution in [1.29, 1.82) is 0 Å². The summed E-state index contributed by atoms with van der Waals surface area (Å²) in [6.07, 6.45) is 0. The van der Waals surface area contributed by atoms with Gasteiger partial charge in [-0.1, -0.05) is 35.9 Å². The van der Waals surface area contributed by atoms with E-state index in [1.54, 1.807) is 54.6 Å². The Bertz CT molecular complexity index is 1240. The van der Waals surface area contributed by atoms with Gasteiger partial charge in [-0.25, -0.2) is 4.99 Å². The molecule has 1 heterocycles. The predicted octanol–water partition coefficient (Wildman–Crippen LogP) is 4.58. The van der Waals surface area contributed by atoms with Crippen LogP contribution in [0.4, 0.5) is 5.69 Å². The van der Waals surface area contributed by atoms with Crippen molar-refractivity contribution < 1.29 is 5.11 Å². The van der Waals surface area contributed by atoms with E-state index in [2.05, 4.69) is 4.99 Å². The molecule has 27 heavy (non-hydrogen) atoms. The number of phenols is 1. The number of benzene rings is 3. The van der Waals surface area contributed by atoms with Gasteiger partial charge in [0.1, 0.15) is 11.2 Å². The number of halogens is 1. The Morgan fingerprint density at radius 1 is 0.815 bits per heavy atom. The second-order valence-electron chi connectivity index (χ2n) is 6.02. The minimum atomic E-state index is -0.186. The Hall–Kier alpha value is -3.37. The lowest BCUT2D eigenvalue weighted by atomic mass is 10.2. The monoisotopic (exact) mass is 374 g/mol. The normalized spacial score (nSPS) is 11.7. The lowest BCUT2D eigenvalue weighted by Gasteiger charge is -2.05. The molecule has 4 rings (SSSR count). The van der Waals surface area contributed by atoms with Crippen LogP contribution in [0.2, 0.25) is 5.02 Å². The molecule has 0 atom stereocenters. The minimum Gasteiger partial charge on any atom is -0.508 e. The van der Waals surface area contributed by atoms with Crippen LogP contribution >= 0.6 is 11.6 Å². The first-order valence-electron chi connectivity index (χ1n) is 8.37. The highest BCUT2D eigenvalue weighted by Gasteiger charge is 2.06. The Morgan fingerprint density at radius 3 is 2.26 bits per heavy atom. The smallest absolute Gasteiger partial charge is 0.264 e. The third-order valence-electron chi connectivity index (χ3n) is 4.21. The maximum absolute atomic E-state index is 13.3. The number of hydrogen-bond donors (Lipinski definition) is 1.